The number of nitrogens with two attached hydrogens (primary N) is 1. The summed E-state index contributed by atoms with van der Waals surface area (Å²) in [5, 5.41) is 0. The minimum atomic E-state index is 0.204. The molecule has 0 amide bonds. The van der Waals surface area contributed by atoms with Crippen LogP contribution in [0.1, 0.15) is 59.8 Å². The zero-order valence-corrected chi connectivity index (χ0v) is 12.3. The SMILES string of the molecule is CCCCC(CC)CC(NN)C(OC)C(C)C. The van der Waals surface area contributed by atoms with E-state index in [9.17, 15) is 0 Å². The molecular weight excluding hydrogens is 212 g/mol. The van der Waals surface area contributed by atoms with Crippen LogP contribution in [0.25, 0.3) is 0 Å². The van der Waals surface area contributed by atoms with E-state index in [-0.39, 0.29) is 12.1 Å². The molecule has 0 bridgehead atoms. The quantitative estimate of drug-likeness (QED) is 0.458. The Balaban J connectivity index is 4.33. The smallest absolute Gasteiger partial charge is 0.0760 e. The third-order valence-corrected chi connectivity index (χ3v) is 3.67. The Bertz CT molecular complexity index is 174. The molecule has 0 aromatic carbocycles. The zero-order chi connectivity index (χ0) is 13.3. The standard InChI is InChI=1S/C14H32N2O/c1-6-8-9-12(7-2)10-13(16-15)14(17-5)11(3)4/h11-14,16H,6-10,15H2,1-5H3. The summed E-state index contributed by atoms with van der Waals surface area (Å²) < 4.78 is 5.57. The Morgan fingerprint density at radius 1 is 1.24 bits per heavy atom. The number of rotatable bonds is 10. The van der Waals surface area contributed by atoms with E-state index in [1.165, 1.54) is 25.7 Å². The Morgan fingerprint density at radius 2 is 1.88 bits per heavy atom. The second kappa shape index (κ2) is 9.86. The topological polar surface area (TPSA) is 47.3 Å². The lowest BCUT2D eigenvalue weighted by atomic mass is 9.87. The van der Waals surface area contributed by atoms with Crippen molar-refractivity contribution >= 4 is 0 Å². The first-order valence-electron chi connectivity index (χ1n) is 7.09. The second-order valence-corrected chi connectivity index (χ2v) is 5.37. The maximum absolute atomic E-state index is 5.69. The minimum absolute atomic E-state index is 0.204. The van der Waals surface area contributed by atoms with Gasteiger partial charge in [-0.1, -0.05) is 53.4 Å². The summed E-state index contributed by atoms with van der Waals surface area (Å²) in [7, 11) is 1.78. The Labute approximate surface area is 107 Å². The van der Waals surface area contributed by atoms with Crippen LogP contribution in [0, 0.1) is 11.8 Å². The molecular formula is C14H32N2O. The van der Waals surface area contributed by atoms with E-state index < -0.39 is 0 Å². The monoisotopic (exact) mass is 244 g/mol. The summed E-state index contributed by atoms with van der Waals surface area (Å²) in [5.74, 6) is 6.94. The first kappa shape index (κ1) is 16.9. The molecule has 0 aliphatic rings. The normalized spacial score (nSPS) is 17.1. The van der Waals surface area contributed by atoms with Crippen molar-refractivity contribution in [3.63, 3.8) is 0 Å². The van der Waals surface area contributed by atoms with Gasteiger partial charge in [0.2, 0.25) is 0 Å². The van der Waals surface area contributed by atoms with Gasteiger partial charge in [-0.3, -0.25) is 11.3 Å². The van der Waals surface area contributed by atoms with Crippen molar-refractivity contribution in [1.29, 1.82) is 0 Å². The minimum Gasteiger partial charge on any atom is -0.380 e. The number of hydrogen-bond acceptors (Lipinski definition) is 3. The molecule has 3 N–H and O–H groups in total. The highest BCUT2D eigenvalue weighted by Crippen LogP contribution is 2.22. The molecule has 0 heterocycles. The molecule has 0 rings (SSSR count). The van der Waals surface area contributed by atoms with Gasteiger partial charge < -0.3 is 4.74 Å². The van der Waals surface area contributed by atoms with E-state index >= 15 is 0 Å². The van der Waals surface area contributed by atoms with Crippen molar-refractivity contribution in [3.8, 4) is 0 Å². The highest BCUT2D eigenvalue weighted by atomic mass is 16.5. The third-order valence-electron chi connectivity index (χ3n) is 3.67. The van der Waals surface area contributed by atoms with Gasteiger partial charge in [0.15, 0.2) is 0 Å². The summed E-state index contributed by atoms with van der Waals surface area (Å²) in [6.07, 6.45) is 6.44. The molecule has 3 nitrogen and oxygen atoms in total. The molecule has 0 radical (unpaired) electrons. The Kier molecular flexibility index (Phi) is 9.79. The van der Waals surface area contributed by atoms with Crippen LogP contribution in [0.2, 0.25) is 0 Å². The van der Waals surface area contributed by atoms with Gasteiger partial charge in [0.1, 0.15) is 0 Å². The lowest BCUT2D eigenvalue weighted by molar-refractivity contribution is 0.0250. The molecule has 0 aromatic rings. The molecule has 0 spiro atoms. The van der Waals surface area contributed by atoms with Crippen molar-refractivity contribution in [2.75, 3.05) is 7.11 Å². The Morgan fingerprint density at radius 3 is 2.24 bits per heavy atom. The van der Waals surface area contributed by atoms with E-state index in [1.807, 2.05) is 0 Å². The summed E-state index contributed by atoms with van der Waals surface area (Å²) in [5.41, 5.74) is 2.95. The van der Waals surface area contributed by atoms with E-state index in [1.54, 1.807) is 7.11 Å². The van der Waals surface area contributed by atoms with Crippen LogP contribution < -0.4 is 11.3 Å². The summed E-state index contributed by atoms with van der Waals surface area (Å²) in [4.78, 5) is 0. The van der Waals surface area contributed by atoms with Crippen molar-refractivity contribution in [1.82, 2.24) is 5.43 Å². The molecule has 0 saturated carbocycles. The van der Waals surface area contributed by atoms with Crippen molar-refractivity contribution in [2.24, 2.45) is 17.7 Å². The van der Waals surface area contributed by atoms with Gasteiger partial charge in [-0.25, -0.2) is 0 Å². The highest BCUT2D eigenvalue weighted by Gasteiger charge is 2.25. The van der Waals surface area contributed by atoms with Gasteiger partial charge in [-0.2, -0.15) is 0 Å². The van der Waals surface area contributed by atoms with Crippen LogP contribution in [-0.4, -0.2) is 19.3 Å². The van der Waals surface area contributed by atoms with E-state index in [2.05, 4.69) is 33.1 Å². The van der Waals surface area contributed by atoms with Crippen LogP contribution in [0.15, 0.2) is 0 Å². The fraction of sp³-hybridized carbons (Fsp3) is 1.00. The van der Waals surface area contributed by atoms with Crippen molar-refractivity contribution < 1.29 is 4.74 Å². The predicted molar refractivity (Wildman–Crippen MR) is 74.7 cm³/mol. The van der Waals surface area contributed by atoms with E-state index in [0.29, 0.717) is 5.92 Å². The third kappa shape index (κ3) is 6.39. The van der Waals surface area contributed by atoms with Crippen LogP contribution in [0.3, 0.4) is 0 Å². The van der Waals surface area contributed by atoms with Gasteiger partial charge in [0.05, 0.1) is 6.10 Å². The molecule has 17 heavy (non-hydrogen) atoms. The molecule has 0 aliphatic carbocycles. The Hall–Kier alpha value is -0.120. The molecule has 104 valence electrons. The van der Waals surface area contributed by atoms with Crippen LogP contribution in [0.5, 0.6) is 0 Å². The molecule has 3 atom stereocenters. The molecule has 3 heteroatoms. The van der Waals surface area contributed by atoms with Gasteiger partial charge in [0.25, 0.3) is 0 Å². The van der Waals surface area contributed by atoms with Crippen LogP contribution in [0.4, 0.5) is 0 Å². The van der Waals surface area contributed by atoms with Crippen LogP contribution >= 0.6 is 0 Å². The van der Waals surface area contributed by atoms with Gasteiger partial charge in [-0.05, 0) is 18.3 Å². The number of ether oxygens (including phenoxy) is 1. The number of unbranched alkanes of at least 4 members (excludes halogenated alkanes) is 1. The van der Waals surface area contributed by atoms with Crippen molar-refractivity contribution in [2.45, 2.75) is 71.9 Å². The molecule has 0 aliphatic heterocycles. The lowest BCUT2D eigenvalue weighted by Crippen LogP contribution is -2.48. The summed E-state index contributed by atoms with van der Waals surface area (Å²) in [6, 6.07) is 0.266. The molecule has 3 unspecified atom stereocenters. The predicted octanol–water partition coefficient (Wildman–Crippen LogP) is 3.10. The number of hydrazine groups is 1. The number of nitrogens with one attached hydrogen (secondary N) is 1. The highest BCUT2D eigenvalue weighted by molar-refractivity contribution is 4.80. The average molecular weight is 244 g/mol. The molecule has 0 aromatic heterocycles. The zero-order valence-electron chi connectivity index (χ0n) is 12.3. The fourth-order valence-electron chi connectivity index (χ4n) is 2.54. The summed E-state index contributed by atoms with van der Waals surface area (Å²) in [6.45, 7) is 8.89. The number of methoxy groups -OCH3 is 1. The maximum Gasteiger partial charge on any atom is 0.0760 e. The molecule has 0 saturated heterocycles. The average Bonchev–Trinajstić information content (AvgIpc) is 2.32. The van der Waals surface area contributed by atoms with E-state index in [4.69, 9.17) is 10.6 Å². The van der Waals surface area contributed by atoms with Crippen molar-refractivity contribution in [3.05, 3.63) is 0 Å². The first-order chi connectivity index (χ1) is 8.10. The second-order valence-electron chi connectivity index (χ2n) is 5.37. The van der Waals surface area contributed by atoms with Gasteiger partial charge in [-0.15, -0.1) is 0 Å². The van der Waals surface area contributed by atoms with Gasteiger partial charge in [0, 0.05) is 13.2 Å². The first-order valence-corrected chi connectivity index (χ1v) is 7.09. The largest absolute Gasteiger partial charge is 0.380 e. The maximum atomic E-state index is 5.69. The summed E-state index contributed by atoms with van der Waals surface area (Å²) >= 11 is 0. The molecule has 0 fully saturated rings. The van der Waals surface area contributed by atoms with Gasteiger partial charge >= 0.3 is 0 Å². The number of hydrogen-bond donors (Lipinski definition) is 2. The lowest BCUT2D eigenvalue weighted by Gasteiger charge is -2.31. The fourth-order valence-corrected chi connectivity index (χ4v) is 2.54. The van der Waals surface area contributed by atoms with E-state index in [0.717, 1.165) is 12.3 Å². The van der Waals surface area contributed by atoms with Crippen LogP contribution in [-0.2, 0) is 4.74 Å².